The zero-order chi connectivity index (χ0) is 20.3. The lowest BCUT2D eigenvalue weighted by molar-refractivity contribution is 0.0950. The number of hydrogen-bond donors (Lipinski definition) is 1. The third kappa shape index (κ3) is 4.43. The van der Waals surface area contributed by atoms with E-state index in [1.54, 1.807) is 38.4 Å². The van der Waals surface area contributed by atoms with E-state index in [0.29, 0.717) is 22.5 Å². The highest BCUT2D eigenvalue weighted by Crippen LogP contribution is 2.28. The first-order chi connectivity index (χ1) is 13.3. The molecule has 0 radical (unpaired) electrons. The molecule has 0 unspecified atom stereocenters. The van der Waals surface area contributed by atoms with Gasteiger partial charge >= 0.3 is 0 Å². The molecule has 0 spiro atoms. The van der Waals surface area contributed by atoms with E-state index in [2.05, 4.69) is 15.3 Å². The van der Waals surface area contributed by atoms with Crippen LogP contribution in [0, 0.1) is 13.8 Å². The van der Waals surface area contributed by atoms with Crippen LogP contribution in [0.5, 0.6) is 0 Å². The highest BCUT2D eigenvalue weighted by Gasteiger charge is 2.20. The van der Waals surface area contributed by atoms with Gasteiger partial charge in [0.15, 0.2) is 9.84 Å². The highest BCUT2D eigenvalue weighted by atomic mass is 32.2. The average molecular weight is 395 g/mol. The second-order valence-corrected chi connectivity index (χ2v) is 8.59. The number of nitrogens with zero attached hydrogens (tertiary/aromatic N) is 2. The molecular weight excluding hydrogens is 374 g/mol. The number of sulfone groups is 1. The lowest BCUT2D eigenvalue weighted by atomic mass is 9.99. The Hall–Kier alpha value is -3.06. The van der Waals surface area contributed by atoms with E-state index >= 15 is 0 Å². The Kier molecular flexibility index (Phi) is 5.56. The van der Waals surface area contributed by atoms with Crippen molar-refractivity contribution in [1.82, 2.24) is 15.3 Å². The van der Waals surface area contributed by atoms with Gasteiger partial charge in [-0.3, -0.25) is 4.79 Å². The van der Waals surface area contributed by atoms with Gasteiger partial charge in [0.1, 0.15) is 5.82 Å². The fourth-order valence-corrected chi connectivity index (χ4v) is 3.90. The molecule has 1 amide bonds. The van der Waals surface area contributed by atoms with Crippen LogP contribution in [0.4, 0.5) is 0 Å². The molecule has 0 fully saturated rings. The van der Waals surface area contributed by atoms with Gasteiger partial charge in [0.05, 0.1) is 4.90 Å². The highest BCUT2D eigenvalue weighted by molar-refractivity contribution is 7.90. The van der Waals surface area contributed by atoms with E-state index in [-0.39, 0.29) is 17.3 Å². The topological polar surface area (TPSA) is 89.0 Å². The molecule has 1 aromatic heterocycles. The van der Waals surface area contributed by atoms with Crippen molar-refractivity contribution in [2.45, 2.75) is 25.3 Å². The maximum Gasteiger partial charge on any atom is 0.251 e. The maximum atomic E-state index is 12.8. The second kappa shape index (κ2) is 7.90. The number of aromatic nitrogens is 2. The first kappa shape index (κ1) is 19.7. The van der Waals surface area contributed by atoms with Crippen molar-refractivity contribution in [3.63, 3.8) is 0 Å². The molecule has 2 aromatic carbocycles. The summed E-state index contributed by atoms with van der Waals surface area (Å²) in [5, 5.41) is 2.82. The van der Waals surface area contributed by atoms with Crippen LogP contribution in [0.15, 0.2) is 59.8 Å². The van der Waals surface area contributed by atoms with Crippen LogP contribution in [0.3, 0.4) is 0 Å². The summed E-state index contributed by atoms with van der Waals surface area (Å²) in [7, 11) is -3.49. The average Bonchev–Trinajstić information content (AvgIpc) is 2.67. The maximum absolute atomic E-state index is 12.8. The lowest BCUT2D eigenvalue weighted by Crippen LogP contribution is -2.24. The second-order valence-electron chi connectivity index (χ2n) is 6.61. The van der Waals surface area contributed by atoms with E-state index in [0.717, 1.165) is 17.4 Å². The van der Waals surface area contributed by atoms with Gasteiger partial charge in [-0.15, -0.1) is 0 Å². The van der Waals surface area contributed by atoms with Crippen molar-refractivity contribution in [3.8, 4) is 11.1 Å². The molecule has 1 N–H and O–H groups in total. The molecule has 3 aromatic rings. The zero-order valence-corrected chi connectivity index (χ0v) is 16.7. The van der Waals surface area contributed by atoms with Crippen molar-refractivity contribution in [1.29, 1.82) is 0 Å². The van der Waals surface area contributed by atoms with Gasteiger partial charge in [-0.1, -0.05) is 30.3 Å². The van der Waals surface area contributed by atoms with Crippen molar-refractivity contribution >= 4 is 15.7 Å². The van der Waals surface area contributed by atoms with Gasteiger partial charge in [0.2, 0.25) is 0 Å². The van der Waals surface area contributed by atoms with Crippen LogP contribution in [0.25, 0.3) is 11.1 Å². The molecule has 0 aliphatic rings. The first-order valence-electron chi connectivity index (χ1n) is 8.71. The van der Waals surface area contributed by atoms with Crippen LogP contribution in [0.2, 0.25) is 0 Å². The molecule has 1 heterocycles. The number of carbonyl (C=O) groups excluding carboxylic acids is 1. The number of aryl methyl sites for hydroxylation is 1. The fourth-order valence-electron chi connectivity index (χ4n) is 2.89. The number of hydrogen-bond acceptors (Lipinski definition) is 5. The van der Waals surface area contributed by atoms with Crippen LogP contribution in [-0.4, -0.2) is 30.5 Å². The number of amides is 1. The molecule has 144 valence electrons. The molecule has 0 aliphatic heterocycles. The molecule has 6 nitrogen and oxygen atoms in total. The number of benzene rings is 2. The van der Waals surface area contributed by atoms with E-state index in [1.165, 1.54) is 0 Å². The lowest BCUT2D eigenvalue weighted by Gasteiger charge is -2.14. The minimum atomic E-state index is -3.49. The third-order valence-corrected chi connectivity index (χ3v) is 5.62. The number of rotatable bonds is 5. The molecule has 0 atom stereocenters. The summed E-state index contributed by atoms with van der Waals surface area (Å²) in [6, 6.07) is 12.7. The van der Waals surface area contributed by atoms with Gasteiger partial charge in [0.25, 0.3) is 5.91 Å². The quantitative estimate of drug-likeness (QED) is 0.717. The normalized spacial score (nSPS) is 11.2. The van der Waals surface area contributed by atoms with Gasteiger partial charge in [-0.2, -0.15) is 0 Å². The fraction of sp³-hybridized carbons (Fsp3) is 0.190. The van der Waals surface area contributed by atoms with E-state index in [1.807, 2.05) is 30.3 Å². The van der Waals surface area contributed by atoms with Crippen LogP contribution < -0.4 is 5.32 Å². The largest absolute Gasteiger partial charge is 0.348 e. The summed E-state index contributed by atoms with van der Waals surface area (Å²) in [6.45, 7) is 3.69. The van der Waals surface area contributed by atoms with Crippen LogP contribution >= 0.6 is 0 Å². The minimum absolute atomic E-state index is 0.151. The van der Waals surface area contributed by atoms with E-state index in [4.69, 9.17) is 0 Å². The number of carbonyl (C=O) groups is 1. The third-order valence-electron chi connectivity index (χ3n) is 4.40. The molecule has 0 aliphatic carbocycles. The summed E-state index contributed by atoms with van der Waals surface area (Å²) < 4.78 is 24.6. The Morgan fingerprint density at radius 1 is 1.00 bits per heavy atom. The Labute approximate surface area is 164 Å². The Bertz CT molecular complexity index is 1110. The molecule has 7 heteroatoms. The SMILES string of the molecule is Cc1ncc(CNC(=O)c2cc(-c3ccccc3)cc(S(C)(=O)=O)c2C)cn1. The Morgan fingerprint density at radius 2 is 1.64 bits per heavy atom. The first-order valence-corrected chi connectivity index (χ1v) is 10.6. The molecular formula is C21H21N3O3S. The van der Waals surface area contributed by atoms with Gasteiger partial charge in [0, 0.05) is 36.3 Å². The van der Waals surface area contributed by atoms with Crippen molar-refractivity contribution < 1.29 is 13.2 Å². The van der Waals surface area contributed by atoms with Gasteiger partial charge < -0.3 is 5.32 Å². The summed E-state index contributed by atoms with van der Waals surface area (Å²) in [4.78, 5) is 21.2. The van der Waals surface area contributed by atoms with E-state index < -0.39 is 9.84 Å². The van der Waals surface area contributed by atoms with Crippen molar-refractivity contribution in [3.05, 3.63) is 77.4 Å². The predicted octanol–water partition coefficient (Wildman–Crippen LogP) is 3.09. The molecule has 0 saturated heterocycles. The van der Waals surface area contributed by atoms with Gasteiger partial charge in [-0.05, 0) is 42.7 Å². The summed E-state index contributed by atoms with van der Waals surface area (Å²) in [6.07, 6.45) is 4.45. The van der Waals surface area contributed by atoms with Crippen LogP contribution in [0.1, 0.15) is 27.3 Å². The summed E-state index contributed by atoms with van der Waals surface area (Å²) >= 11 is 0. The summed E-state index contributed by atoms with van der Waals surface area (Å²) in [5.74, 6) is 0.306. The Morgan fingerprint density at radius 3 is 2.25 bits per heavy atom. The predicted molar refractivity (Wildman–Crippen MR) is 108 cm³/mol. The van der Waals surface area contributed by atoms with Crippen molar-refractivity contribution in [2.24, 2.45) is 0 Å². The van der Waals surface area contributed by atoms with Crippen molar-refractivity contribution in [2.75, 3.05) is 6.26 Å². The number of nitrogens with one attached hydrogen (secondary N) is 1. The molecule has 0 bridgehead atoms. The minimum Gasteiger partial charge on any atom is -0.348 e. The smallest absolute Gasteiger partial charge is 0.251 e. The van der Waals surface area contributed by atoms with Gasteiger partial charge in [-0.25, -0.2) is 18.4 Å². The molecule has 28 heavy (non-hydrogen) atoms. The standard InChI is InChI=1S/C21H21N3O3S/c1-14-19(21(25)24-13-16-11-22-15(2)23-12-16)9-18(10-20(14)28(3,26)27)17-7-5-4-6-8-17/h4-12H,13H2,1-3H3,(H,24,25). The summed E-state index contributed by atoms with van der Waals surface area (Å²) in [5.41, 5.74) is 3.04. The molecule has 0 saturated carbocycles. The van der Waals surface area contributed by atoms with Crippen LogP contribution in [-0.2, 0) is 16.4 Å². The Balaban J connectivity index is 1.98. The monoisotopic (exact) mass is 395 g/mol. The zero-order valence-electron chi connectivity index (χ0n) is 15.9. The molecule has 3 rings (SSSR count). The van der Waals surface area contributed by atoms with E-state index in [9.17, 15) is 13.2 Å².